The van der Waals surface area contributed by atoms with Crippen LogP contribution >= 0.6 is 11.8 Å². The average molecular weight is 362 g/mol. The highest BCUT2D eigenvalue weighted by molar-refractivity contribution is 7.99. The van der Waals surface area contributed by atoms with E-state index >= 15 is 0 Å². The molecule has 0 saturated heterocycles. The van der Waals surface area contributed by atoms with E-state index in [1.54, 1.807) is 23.7 Å². The summed E-state index contributed by atoms with van der Waals surface area (Å²) in [4.78, 5) is 42.1. The quantitative estimate of drug-likeness (QED) is 0.589. The number of aromatic nitrogens is 2. The minimum absolute atomic E-state index is 0.00279. The van der Waals surface area contributed by atoms with Crippen molar-refractivity contribution in [2.45, 2.75) is 25.0 Å². The summed E-state index contributed by atoms with van der Waals surface area (Å²) in [5.41, 5.74) is 0.523. The van der Waals surface area contributed by atoms with Crippen LogP contribution in [-0.2, 0) is 16.1 Å². The van der Waals surface area contributed by atoms with Crippen LogP contribution in [0.5, 0.6) is 0 Å². The maximum atomic E-state index is 12.7. The first-order chi connectivity index (χ1) is 12.0. The zero-order valence-corrected chi connectivity index (χ0v) is 15.4. The van der Waals surface area contributed by atoms with Crippen molar-refractivity contribution in [1.82, 2.24) is 19.8 Å². The summed E-state index contributed by atoms with van der Waals surface area (Å²) in [7, 11) is 3.10. The maximum Gasteiger partial charge on any atom is 0.262 e. The Morgan fingerprint density at radius 3 is 2.72 bits per heavy atom. The normalized spacial score (nSPS) is 10.7. The second-order valence-corrected chi connectivity index (χ2v) is 6.52. The number of thioether (sulfide) groups is 1. The van der Waals surface area contributed by atoms with Gasteiger partial charge in [-0.15, -0.1) is 0 Å². The van der Waals surface area contributed by atoms with Gasteiger partial charge in [0.1, 0.15) is 0 Å². The molecule has 0 radical (unpaired) electrons. The van der Waals surface area contributed by atoms with Gasteiger partial charge in [0.15, 0.2) is 5.16 Å². The molecule has 0 aliphatic rings. The van der Waals surface area contributed by atoms with Crippen molar-refractivity contribution < 1.29 is 9.59 Å². The van der Waals surface area contributed by atoms with Gasteiger partial charge in [-0.3, -0.25) is 19.0 Å². The van der Waals surface area contributed by atoms with Crippen LogP contribution in [0.3, 0.4) is 0 Å². The molecule has 1 N–H and O–H groups in total. The lowest BCUT2D eigenvalue weighted by molar-refractivity contribution is -0.132. The summed E-state index contributed by atoms with van der Waals surface area (Å²) < 4.78 is 1.61. The van der Waals surface area contributed by atoms with Gasteiger partial charge in [-0.05, 0) is 18.6 Å². The molecule has 2 aromatic rings. The summed E-state index contributed by atoms with van der Waals surface area (Å²) in [5.74, 6) is -0.311. The predicted molar refractivity (Wildman–Crippen MR) is 98.7 cm³/mol. The molecule has 0 bridgehead atoms. The molecule has 1 aromatic heterocycles. The van der Waals surface area contributed by atoms with Crippen molar-refractivity contribution in [2.24, 2.45) is 0 Å². The van der Waals surface area contributed by atoms with E-state index in [-0.39, 0.29) is 29.7 Å². The second kappa shape index (κ2) is 8.66. The van der Waals surface area contributed by atoms with Crippen LogP contribution in [0.2, 0.25) is 0 Å². The molecule has 0 fully saturated rings. The van der Waals surface area contributed by atoms with Gasteiger partial charge >= 0.3 is 0 Å². The fourth-order valence-electron chi connectivity index (χ4n) is 2.30. The van der Waals surface area contributed by atoms with Gasteiger partial charge in [0.05, 0.1) is 23.2 Å². The number of likely N-dealkylation sites (N-methyl/N-ethyl adjacent to an activating group) is 2. The van der Waals surface area contributed by atoms with Crippen molar-refractivity contribution >= 4 is 34.5 Å². The average Bonchev–Trinajstić information content (AvgIpc) is 2.62. The van der Waals surface area contributed by atoms with E-state index < -0.39 is 0 Å². The third-order valence-corrected chi connectivity index (χ3v) is 4.65. The monoisotopic (exact) mass is 362 g/mol. The molecular weight excluding hydrogens is 340 g/mol. The zero-order chi connectivity index (χ0) is 18.4. The molecule has 1 heterocycles. The summed E-state index contributed by atoms with van der Waals surface area (Å²) in [6, 6.07) is 7.19. The number of hydrogen-bond acceptors (Lipinski definition) is 5. The third kappa shape index (κ3) is 4.60. The van der Waals surface area contributed by atoms with Crippen LogP contribution in [0.1, 0.15) is 13.3 Å². The Bertz CT molecular complexity index is 834. The first kappa shape index (κ1) is 19.0. The van der Waals surface area contributed by atoms with Crippen molar-refractivity contribution in [1.29, 1.82) is 0 Å². The molecule has 7 nitrogen and oxygen atoms in total. The van der Waals surface area contributed by atoms with E-state index in [0.29, 0.717) is 22.6 Å². The molecule has 2 amide bonds. The van der Waals surface area contributed by atoms with Gasteiger partial charge in [-0.2, -0.15) is 0 Å². The number of amides is 2. The molecule has 0 unspecified atom stereocenters. The van der Waals surface area contributed by atoms with Gasteiger partial charge < -0.3 is 10.2 Å². The molecule has 1 aromatic carbocycles. The van der Waals surface area contributed by atoms with Crippen LogP contribution in [0.15, 0.2) is 34.2 Å². The molecule has 0 aliphatic carbocycles. The largest absolute Gasteiger partial charge is 0.358 e. The van der Waals surface area contributed by atoms with Gasteiger partial charge in [-0.25, -0.2) is 4.98 Å². The number of nitrogens with one attached hydrogen (secondary N) is 1. The number of para-hydroxylation sites is 1. The lowest BCUT2D eigenvalue weighted by Gasteiger charge is -2.16. The van der Waals surface area contributed by atoms with Crippen molar-refractivity contribution in [2.75, 3.05) is 26.4 Å². The minimum Gasteiger partial charge on any atom is -0.358 e. The maximum absolute atomic E-state index is 12.7. The highest BCUT2D eigenvalue weighted by Crippen LogP contribution is 2.18. The Labute approximate surface area is 150 Å². The molecule has 0 aliphatic heterocycles. The highest BCUT2D eigenvalue weighted by Gasteiger charge is 2.16. The Morgan fingerprint density at radius 1 is 1.32 bits per heavy atom. The van der Waals surface area contributed by atoms with E-state index in [4.69, 9.17) is 0 Å². The van der Waals surface area contributed by atoms with Crippen LogP contribution in [0.4, 0.5) is 0 Å². The third-order valence-electron chi connectivity index (χ3n) is 3.68. The van der Waals surface area contributed by atoms with Crippen LogP contribution in [0.25, 0.3) is 10.9 Å². The van der Waals surface area contributed by atoms with Gasteiger partial charge in [-0.1, -0.05) is 30.8 Å². The lowest BCUT2D eigenvalue weighted by Crippen LogP contribution is -2.37. The number of rotatable bonds is 7. The smallest absolute Gasteiger partial charge is 0.262 e. The Balaban J connectivity index is 2.22. The predicted octanol–water partition coefficient (Wildman–Crippen LogP) is 1.10. The molecule has 0 saturated carbocycles. The van der Waals surface area contributed by atoms with Crippen LogP contribution in [-0.4, -0.2) is 52.7 Å². The number of hydrogen-bond donors (Lipinski definition) is 1. The fraction of sp³-hybridized carbons (Fsp3) is 0.412. The lowest BCUT2D eigenvalue weighted by atomic mass is 10.2. The number of carbonyl (C=O) groups excluding carboxylic acids is 2. The molecule has 2 rings (SSSR count). The van der Waals surface area contributed by atoms with Crippen molar-refractivity contribution in [3.63, 3.8) is 0 Å². The Kier molecular flexibility index (Phi) is 6.58. The van der Waals surface area contributed by atoms with E-state index in [0.717, 1.165) is 6.42 Å². The number of benzene rings is 1. The highest BCUT2D eigenvalue weighted by atomic mass is 32.2. The van der Waals surface area contributed by atoms with Crippen LogP contribution in [0, 0.1) is 0 Å². The van der Waals surface area contributed by atoms with Crippen LogP contribution < -0.4 is 10.9 Å². The molecule has 8 heteroatoms. The first-order valence-electron chi connectivity index (χ1n) is 8.04. The summed E-state index contributed by atoms with van der Waals surface area (Å²) in [5, 5.41) is 3.57. The summed E-state index contributed by atoms with van der Waals surface area (Å²) in [6.07, 6.45) is 0.790. The molecule has 25 heavy (non-hydrogen) atoms. The Hall–Kier alpha value is -2.35. The van der Waals surface area contributed by atoms with Crippen molar-refractivity contribution in [3.05, 3.63) is 34.6 Å². The van der Waals surface area contributed by atoms with E-state index in [9.17, 15) is 14.4 Å². The van der Waals surface area contributed by atoms with Gasteiger partial charge in [0, 0.05) is 20.6 Å². The molecule has 134 valence electrons. The second-order valence-electron chi connectivity index (χ2n) is 5.58. The first-order valence-corrected chi connectivity index (χ1v) is 9.03. The summed E-state index contributed by atoms with van der Waals surface area (Å²) >= 11 is 1.22. The molecule has 0 spiro atoms. The standard InChI is InChI=1S/C17H22N4O3S/c1-4-9-21-16(24)12-7-5-6-8-13(12)19-17(21)25-11-15(23)20(3)10-14(22)18-2/h5-8H,4,9-11H2,1-3H3,(H,18,22). The molecular formula is C17H22N4O3S. The minimum atomic E-state index is -0.229. The zero-order valence-electron chi connectivity index (χ0n) is 14.6. The van der Waals surface area contributed by atoms with E-state index in [1.165, 1.54) is 23.7 Å². The number of carbonyl (C=O) groups is 2. The van der Waals surface area contributed by atoms with E-state index in [2.05, 4.69) is 10.3 Å². The molecule has 0 atom stereocenters. The van der Waals surface area contributed by atoms with E-state index in [1.807, 2.05) is 19.1 Å². The number of nitrogens with zero attached hydrogens (tertiary/aromatic N) is 3. The fourth-order valence-corrected chi connectivity index (χ4v) is 3.26. The SMILES string of the molecule is CCCn1c(SCC(=O)N(C)CC(=O)NC)nc2ccccc2c1=O. The number of fused-ring (bicyclic) bond motifs is 1. The van der Waals surface area contributed by atoms with Crippen molar-refractivity contribution in [3.8, 4) is 0 Å². The van der Waals surface area contributed by atoms with Gasteiger partial charge in [0.25, 0.3) is 5.56 Å². The Morgan fingerprint density at radius 2 is 2.04 bits per heavy atom. The van der Waals surface area contributed by atoms with Gasteiger partial charge in [0.2, 0.25) is 11.8 Å². The topological polar surface area (TPSA) is 84.3 Å². The summed E-state index contributed by atoms with van der Waals surface area (Å²) in [6.45, 7) is 2.53.